The Morgan fingerprint density at radius 2 is 2.12 bits per heavy atom. The van der Waals surface area contributed by atoms with Gasteiger partial charge in [0.1, 0.15) is 9.49 Å². The van der Waals surface area contributed by atoms with Crippen molar-refractivity contribution in [2.24, 2.45) is 0 Å². The van der Waals surface area contributed by atoms with E-state index in [4.69, 9.17) is 23.2 Å². The number of nitrogens with zero attached hydrogens (tertiary/aromatic N) is 2. The molecule has 0 bridgehead atoms. The molecule has 0 N–H and O–H groups in total. The Morgan fingerprint density at radius 1 is 1.35 bits per heavy atom. The molecule has 0 fully saturated rings. The molecule has 0 radical (unpaired) electrons. The van der Waals surface area contributed by atoms with Crippen molar-refractivity contribution in [3.05, 3.63) is 43.6 Å². The fourth-order valence-corrected chi connectivity index (χ4v) is 3.19. The molecule has 2 heterocycles. The smallest absolute Gasteiger partial charge is 0.267 e. The molecule has 0 aliphatic heterocycles. The lowest BCUT2D eigenvalue weighted by Crippen LogP contribution is -2.14. The SMILES string of the molecule is Cc1cccc2nc3sc(Cl)c(Cl)n3c(=O)c12. The average molecular weight is 285 g/mol. The summed E-state index contributed by atoms with van der Waals surface area (Å²) in [5.74, 6) is 0. The Labute approximate surface area is 110 Å². The van der Waals surface area contributed by atoms with Crippen LogP contribution in [0.4, 0.5) is 0 Å². The predicted molar refractivity (Wildman–Crippen MR) is 71.6 cm³/mol. The highest BCUT2D eigenvalue weighted by molar-refractivity contribution is 7.21. The number of aromatic nitrogens is 2. The topological polar surface area (TPSA) is 34.4 Å². The summed E-state index contributed by atoms with van der Waals surface area (Å²) in [7, 11) is 0. The normalized spacial score (nSPS) is 11.5. The Bertz CT molecular complexity index is 806. The van der Waals surface area contributed by atoms with Crippen LogP contribution in [-0.2, 0) is 0 Å². The zero-order chi connectivity index (χ0) is 12.2. The van der Waals surface area contributed by atoms with E-state index in [1.54, 1.807) is 0 Å². The van der Waals surface area contributed by atoms with E-state index in [-0.39, 0.29) is 10.7 Å². The first-order chi connectivity index (χ1) is 8.09. The maximum Gasteiger partial charge on any atom is 0.267 e. The summed E-state index contributed by atoms with van der Waals surface area (Å²) < 4.78 is 1.73. The first kappa shape index (κ1) is 11.0. The lowest BCUT2D eigenvalue weighted by Gasteiger charge is -2.01. The molecule has 0 atom stereocenters. The summed E-state index contributed by atoms with van der Waals surface area (Å²) in [5.41, 5.74) is 1.38. The Balaban J connectivity index is 2.68. The number of thiazole rings is 1. The molecule has 6 heteroatoms. The lowest BCUT2D eigenvalue weighted by molar-refractivity contribution is 1.11. The molecule has 0 saturated carbocycles. The third kappa shape index (κ3) is 1.48. The van der Waals surface area contributed by atoms with Gasteiger partial charge in [0.15, 0.2) is 4.96 Å². The number of halogens is 2. The second-order valence-corrected chi connectivity index (χ2v) is 5.61. The highest BCUT2D eigenvalue weighted by Gasteiger charge is 2.14. The van der Waals surface area contributed by atoms with E-state index in [1.807, 2.05) is 25.1 Å². The van der Waals surface area contributed by atoms with Crippen molar-refractivity contribution in [2.75, 3.05) is 0 Å². The second-order valence-electron chi connectivity index (χ2n) is 3.67. The van der Waals surface area contributed by atoms with Crippen molar-refractivity contribution in [3.63, 3.8) is 0 Å². The van der Waals surface area contributed by atoms with Crippen molar-refractivity contribution >= 4 is 50.4 Å². The van der Waals surface area contributed by atoms with Gasteiger partial charge in [-0.15, -0.1) is 0 Å². The van der Waals surface area contributed by atoms with E-state index < -0.39 is 0 Å². The van der Waals surface area contributed by atoms with Gasteiger partial charge < -0.3 is 0 Å². The van der Waals surface area contributed by atoms with Gasteiger partial charge in [0, 0.05) is 0 Å². The van der Waals surface area contributed by atoms with Gasteiger partial charge in [-0.2, -0.15) is 0 Å². The highest BCUT2D eigenvalue weighted by atomic mass is 35.5. The quantitative estimate of drug-likeness (QED) is 0.633. The molecule has 1 aromatic carbocycles. The summed E-state index contributed by atoms with van der Waals surface area (Å²) in [5, 5.41) is 0.815. The van der Waals surface area contributed by atoms with Crippen molar-refractivity contribution in [3.8, 4) is 0 Å². The zero-order valence-corrected chi connectivity index (χ0v) is 11.0. The standard InChI is InChI=1S/C11H6Cl2N2OS/c1-5-3-2-4-6-7(5)10(16)15-8(12)9(13)17-11(15)14-6/h2-4H,1H3. The third-order valence-corrected chi connectivity index (χ3v) is 4.42. The van der Waals surface area contributed by atoms with Crippen LogP contribution in [0.15, 0.2) is 23.0 Å². The van der Waals surface area contributed by atoms with Crippen molar-refractivity contribution in [1.29, 1.82) is 0 Å². The number of benzene rings is 1. The second kappa shape index (κ2) is 3.70. The number of aryl methyl sites for hydroxylation is 1. The number of rotatable bonds is 0. The van der Waals surface area contributed by atoms with E-state index in [9.17, 15) is 4.79 Å². The monoisotopic (exact) mass is 284 g/mol. The average Bonchev–Trinajstić information content (AvgIpc) is 2.55. The van der Waals surface area contributed by atoms with Gasteiger partial charge >= 0.3 is 0 Å². The molecule has 0 saturated heterocycles. The largest absolute Gasteiger partial charge is 0.268 e. The molecular weight excluding hydrogens is 279 g/mol. The molecule has 0 amide bonds. The van der Waals surface area contributed by atoms with Gasteiger partial charge in [0.25, 0.3) is 5.56 Å². The maximum absolute atomic E-state index is 12.3. The van der Waals surface area contributed by atoms with Gasteiger partial charge in [-0.25, -0.2) is 9.38 Å². The summed E-state index contributed by atoms with van der Waals surface area (Å²) >= 11 is 13.1. The summed E-state index contributed by atoms with van der Waals surface area (Å²) in [6, 6.07) is 5.56. The van der Waals surface area contributed by atoms with Crippen LogP contribution in [0.25, 0.3) is 15.9 Å². The van der Waals surface area contributed by atoms with Crippen molar-refractivity contribution in [1.82, 2.24) is 9.38 Å². The number of hydrogen-bond donors (Lipinski definition) is 0. The van der Waals surface area contributed by atoms with Crippen LogP contribution in [0.3, 0.4) is 0 Å². The lowest BCUT2D eigenvalue weighted by atomic mass is 10.1. The van der Waals surface area contributed by atoms with Crippen LogP contribution in [0.2, 0.25) is 9.49 Å². The van der Waals surface area contributed by atoms with Crippen molar-refractivity contribution < 1.29 is 0 Å². The summed E-state index contributed by atoms with van der Waals surface area (Å²) in [6.07, 6.45) is 0. The zero-order valence-electron chi connectivity index (χ0n) is 8.70. The van der Waals surface area contributed by atoms with Gasteiger partial charge in [-0.1, -0.05) is 46.7 Å². The molecule has 3 aromatic rings. The van der Waals surface area contributed by atoms with E-state index in [2.05, 4.69) is 4.98 Å². The summed E-state index contributed by atoms with van der Waals surface area (Å²) in [6.45, 7) is 1.87. The highest BCUT2D eigenvalue weighted by Crippen LogP contribution is 2.30. The molecule has 2 aromatic heterocycles. The van der Waals surface area contributed by atoms with Gasteiger partial charge in [-0.05, 0) is 18.6 Å². The van der Waals surface area contributed by atoms with Gasteiger partial charge in [0.2, 0.25) is 0 Å². The molecule has 86 valence electrons. The van der Waals surface area contributed by atoms with Crippen LogP contribution in [0, 0.1) is 6.92 Å². The molecule has 0 aliphatic rings. The maximum atomic E-state index is 12.3. The van der Waals surface area contributed by atoms with E-state index in [0.29, 0.717) is 20.2 Å². The minimum absolute atomic E-state index is 0.170. The first-order valence-electron chi connectivity index (χ1n) is 4.85. The molecule has 0 spiro atoms. The Kier molecular flexibility index (Phi) is 2.40. The molecule has 3 rings (SSSR count). The number of hydrogen-bond acceptors (Lipinski definition) is 3. The van der Waals surface area contributed by atoms with E-state index >= 15 is 0 Å². The molecule has 17 heavy (non-hydrogen) atoms. The summed E-state index contributed by atoms with van der Waals surface area (Å²) in [4.78, 5) is 17.2. The van der Waals surface area contributed by atoms with Gasteiger partial charge in [-0.3, -0.25) is 4.79 Å². The van der Waals surface area contributed by atoms with E-state index in [0.717, 1.165) is 5.56 Å². The Morgan fingerprint density at radius 3 is 2.88 bits per heavy atom. The van der Waals surface area contributed by atoms with Crippen LogP contribution < -0.4 is 5.56 Å². The molecule has 0 aliphatic carbocycles. The van der Waals surface area contributed by atoms with Crippen LogP contribution in [0.1, 0.15) is 5.56 Å². The van der Waals surface area contributed by atoms with Crippen LogP contribution in [0.5, 0.6) is 0 Å². The van der Waals surface area contributed by atoms with Crippen LogP contribution in [-0.4, -0.2) is 9.38 Å². The molecule has 3 nitrogen and oxygen atoms in total. The fraction of sp³-hybridized carbons (Fsp3) is 0.0909. The van der Waals surface area contributed by atoms with Crippen molar-refractivity contribution in [2.45, 2.75) is 6.92 Å². The molecule has 0 unspecified atom stereocenters. The van der Waals surface area contributed by atoms with Gasteiger partial charge in [0.05, 0.1) is 10.9 Å². The predicted octanol–water partition coefficient (Wildman–Crippen LogP) is 3.52. The van der Waals surface area contributed by atoms with Crippen LogP contribution >= 0.6 is 34.5 Å². The minimum Gasteiger partial charge on any atom is -0.268 e. The third-order valence-electron chi connectivity index (χ3n) is 2.61. The Hall–Kier alpha value is -1.10. The first-order valence-corrected chi connectivity index (χ1v) is 6.42. The minimum atomic E-state index is -0.170. The molecular formula is C11H6Cl2N2OS. The van der Waals surface area contributed by atoms with E-state index in [1.165, 1.54) is 15.7 Å². The number of fused-ring (bicyclic) bond motifs is 2. The fourth-order valence-electron chi connectivity index (χ4n) is 1.83.